The molecule has 2 aromatic rings. The van der Waals surface area contributed by atoms with E-state index in [-0.39, 0.29) is 5.41 Å². The molecule has 0 aliphatic carbocycles. The van der Waals surface area contributed by atoms with Crippen molar-refractivity contribution in [1.82, 2.24) is 9.97 Å². The number of hydrogen-bond donors (Lipinski definition) is 3. The van der Waals surface area contributed by atoms with Crippen LogP contribution in [0.1, 0.15) is 37.5 Å². The summed E-state index contributed by atoms with van der Waals surface area (Å²) in [5.41, 5.74) is 8.71. The SMILES string of the molecule is Cc1cc(C(C)(C)C)cc(C)c1-c1cnc(NN)[nH]1. The second-order valence-electron chi connectivity index (χ2n) is 6.02. The lowest BCUT2D eigenvalue weighted by molar-refractivity contribution is 0.589. The lowest BCUT2D eigenvalue weighted by Gasteiger charge is -2.22. The fourth-order valence-corrected chi connectivity index (χ4v) is 2.34. The van der Waals surface area contributed by atoms with E-state index in [9.17, 15) is 0 Å². The average molecular weight is 258 g/mol. The highest BCUT2D eigenvalue weighted by Crippen LogP contribution is 2.32. The minimum atomic E-state index is 0.159. The molecule has 1 heterocycles. The summed E-state index contributed by atoms with van der Waals surface area (Å²) in [6, 6.07) is 4.50. The maximum Gasteiger partial charge on any atom is 0.215 e. The van der Waals surface area contributed by atoms with Gasteiger partial charge < -0.3 is 4.98 Å². The predicted octanol–water partition coefficient (Wildman–Crippen LogP) is 3.28. The van der Waals surface area contributed by atoms with Gasteiger partial charge in [-0.1, -0.05) is 32.9 Å². The van der Waals surface area contributed by atoms with Gasteiger partial charge in [0.1, 0.15) is 0 Å². The Bertz CT molecular complexity index is 567. The van der Waals surface area contributed by atoms with Gasteiger partial charge in [0.15, 0.2) is 0 Å². The highest BCUT2D eigenvalue weighted by atomic mass is 15.3. The van der Waals surface area contributed by atoms with Crippen LogP contribution in [0.15, 0.2) is 18.3 Å². The molecule has 4 heteroatoms. The molecule has 1 aromatic heterocycles. The zero-order valence-electron chi connectivity index (χ0n) is 12.3. The van der Waals surface area contributed by atoms with Crippen molar-refractivity contribution in [2.45, 2.75) is 40.0 Å². The molecular weight excluding hydrogens is 236 g/mol. The Hall–Kier alpha value is -1.81. The number of imidazole rings is 1. The van der Waals surface area contributed by atoms with Crippen LogP contribution in [0.25, 0.3) is 11.3 Å². The summed E-state index contributed by atoms with van der Waals surface area (Å²) < 4.78 is 0. The van der Waals surface area contributed by atoms with Gasteiger partial charge in [-0.2, -0.15) is 0 Å². The van der Waals surface area contributed by atoms with Crippen molar-refractivity contribution in [3.8, 4) is 11.3 Å². The molecule has 0 atom stereocenters. The van der Waals surface area contributed by atoms with Crippen LogP contribution in [0.2, 0.25) is 0 Å². The van der Waals surface area contributed by atoms with Gasteiger partial charge in [0, 0.05) is 5.56 Å². The first kappa shape index (κ1) is 13.6. The maximum atomic E-state index is 5.35. The Morgan fingerprint density at radius 1 is 1.16 bits per heavy atom. The number of aromatic nitrogens is 2. The highest BCUT2D eigenvalue weighted by molar-refractivity contribution is 5.69. The van der Waals surface area contributed by atoms with Crippen LogP contribution in [-0.4, -0.2) is 9.97 Å². The average Bonchev–Trinajstić information content (AvgIpc) is 2.75. The Kier molecular flexibility index (Phi) is 3.37. The summed E-state index contributed by atoms with van der Waals surface area (Å²) in [6.45, 7) is 11.0. The van der Waals surface area contributed by atoms with Gasteiger partial charge in [0.25, 0.3) is 0 Å². The third kappa shape index (κ3) is 2.63. The number of aromatic amines is 1. The highest BCUT2D eigenvalue weighted by Gasteiger charge is 2.17. The summed E-state index contributed by atoms with van der Waals surface area (Å²) in [5, 5.41) is 0. The molecule has 0 saturated carbocycles. The minimum absolute atomic E-state index is 0.159. The van der Waals surface area contributed by atoms with Crippen LogP contribution in [-0.2, 0) is 5.41 Å². The van der Waals surface area contributed by atoms with E-state index < -0.39 is 0 Å². The van der Waals surface area contributed by atoms with Gasteiger partial charge in [0.2, 0.25) is 5.95 Å². The van der Waals surface area contributed by atoms with Crippen LogP contribution in [0, 0.1) is 13.8 Å². The van der Waals surface area contributed by atoms with E-state index in [1.54, 1.807) is 6.20 Å². The molecule has 0 bridgehead atoms. The summed E-state index contributed by atoms with van der Waals surface area (Å²) in [4.78, 5) is 7.34. The molecule has 0 fully saturated rings. The lowest BCUT2D eigenvalue weighted by Crippen LogP contribution is -2.12. The van der Waals surface area contributed by atoms with Crippen LogP contribution in [0.5, 0.6) is 0 Å². The summed E-state index contributed by atoms with van der Waals surface area (Å²) in [6.07, 6.45) is 1.81. The normalized spacial score (nSPS) is 11.7. The van der Waals surface area contributed by atoms with Crippen molar-refractivity contribution in [3.63, 3.8) is 0 Å². The predicted molar refractivity (Wildman–Crippen MR) is 80.0 cm³/mol. The molecule has 0 unspecified atom stereocenters. The van der Waals surface area contributed by atoms with Crippen molar-refractivity contribution >= 4 is 5.95 Å². The van der Waals surface area contributed by atoms with E-state index in [2.05, 4.69) is 62.1 Å². The van der Waals surface area contributed by atoms with Crippen LogP contribution >= 0.6 is 0 Å². The van der Waals surface area contributed by atoms with Crippen LogP contribution in [0.3, 0.4) is 0 Å². The molecule has 0 aliphatic rings. The van der Waals surface area contributed by atoms with E-state index >= 15 is 0 Å². The molecular formula is C15H22N4. The maximum absolute atomic E-state index is 5.35. The van der Waals surface area contributed by atoms with E-state index in [0.29, 0.717) is 5.95 Å². The molecule has 2 rings (SSSR count). The number of nitrogens with one attached hydrogen (secondary N) is 2. The van der Waals surface area contributed by atoms with E-state index in [0.717, 1.165) is 5.69 Å². The zero-order chi connectivity index (χ0) is 14.2. The molecule has 0 radical (unpaired) electrons. The van der Waals surface area contributed by atoms with Gasteiger partial charge >= 0.3 is 0 Å². The van der Waals surface area contributed by atoms with E-state index in [1.165, 1.54) is 22.3 Å². The number of benzene rings is 1. The van der Waals surface area contributed by atoms with Crippen LogP contribution in [0.4, 0.5) is 5.95 Å². The molecule has 4 N–H and O–H groups in total. The van der Waals surface area contributed by atoms with Crippen LogP contribution < -0.4 is 11.3 Å². The molecule has 19 heavy (non-hydrogen) atoms. The zero-order valence-corrected chi connectivity index (χ0v) is 12.3. The van der Waals surface area contributed by atoms with Crippen molar-refractivity contribution in [2.24, 2.45) is 5.84 Å². The number of rotatable bonds is 2. The Morgan fingerprint density at radius 2 is 1.74 bits per heavy atom. The first-order chi connectivity index (χ1) is 8.82. The van der Waals surface area contributed by atoms with Crippen molar-refractivity contribution in [1.29, 1.82) is 0 Å². The number of nitrogen functional groups attached to an aromatic ring is 1. The Morgan fingerprint density at radius 3 is 2.16 bits per heavy atom. The van der Waals surface area contributed by atoms with Crippen molar-refractivity contribution in [3.05, 3.63) is 35.0 Å². The summed E-state index contributed by atoms with van der Waals surface area (Å²) in [5.74, 6) is 5.93. The number of hydrazine groups is 1. The van der Waals surface area contributed by atoms with E-state index in [1.807, 2.05) is 0 Å². The molecule has 4 nitrogen and oxygen atoms in total. The number of H-pyrrole nitrogens is 1. The first-order valence-electron chi connectivity index (χ1n) is 6.46. The van der Waals surface area contributed by atoms with Gasteiger partial charge in [-0.3, -0.25) is 5.43 Å². The monoisotopic (exact) mass is 258 g/mol. The summed E-state index contributed by atoms with van der Waals surface area (Å²) in [7, 11) is 0. The number of nitrogens with two attached hydrogens (primary N) is 1. The van der Waals surface area contributed by atoms with Gasteiger partial charge in [0.05, 0.1) is 11.9 Å². The number of aryl methyl sites for hydroxylation is 2. The van der Waals surface area contributed by atoms with Gasteiger partial charge in [-0.25, -0.2) is 10.8 Å². The Balaban J connectivity index is 2.53. The third-order valence-corrected chi connectivity index (χ3v) is 3.38. The van der Waals surface area contributed by atoms with Crippen molar-refractivity contribution < 1.29 is 0 Å². The third-order valence-electron chi connectivity index (χ3n) is 3.38. The lowest BCUT2D eigenvalue weighted by atomic mass is 9.83. The first-order valence-corrected chi connectivity index (χ1v) is 6.46. The molecule has 102 valence electrons. The quantitative estimate of drug-likeness (QED) is 0.572. The number of hydrogen-bond acceptors (Lipinski definition) is 3. The molecule has 0 aliphatic heterocycles. The largest absolute Gasteiger partial charge is 0.323 e. The molecule has 1 aromatic carbocycles. The topological polar surface area (TPSA) is 66.7 Å². The second-order valence-corrected chi connectivity index (χ2v) is 6.02. The molecule has 0 saturated heterocycles. The van der Waals surface area contributed by atoms with Crippen molar-refractivity contribution in [2.75, 3.05) is 5.43 Å². The molecule has 0 spiro atoms. The van der Waals surface area contributed by atoms with Gasteiger partial charge in [-0.05, 0) is 36.0 Å². The molecule has 0 amide bonds. The number of anilines is 1. The summed E-state index contributed by atoms with van der Waals surface area (Å²) >= 11 is 0. The van der Waals surface area contributed by atoms with Gasteiger partial charge in [-0.15, -0.1) is 0 Å². The fraction of sp³-hybridized carbons (Fsp3) is 0.400. The standard InChI is InChI=1S/C15H22N4/c1-9-6-11(15(3,4)5)7-10(2)13(9)12-8-17-14(18-12)19-16/h6-8H,16H2,1-5H3,(H2,17,18,19). The second kappa shape index (κ2) is 4.70. The Labute approximate surface area is 114 Å². The minimum Gasteiger partial charge on any atom is -0.323 e. The number of nitrogens with zero attached hydrogens (tertiary/aromatic N) is 1. The van der Waals surface area contributed by atoms with E-state index in [4.69, 9.17) is 5.84 Å². The fourth-order valence-electron chi connectivity index (χ4n) is 2.34. The smallest absolute Gasteiger partial charge is 0.215 e.